The Labute approximate surface area is 95.9 Å². The SMILES string of the molecule is O=Cc1cn(CC(F)(F)c2ccccc2)nn1. The molecule has 1 aromatic heterocycles. The Morgan fingerprint density at radius 1 is 1.29 bits per heavy atom. The number of rotatable bonds is 4. The van der Waals surface area contributed by atoms with Crippen LogP contribution in [-0.4, -0.2) is 21.3 Å². The number of aromatic nitrogens is 3. The van der Waals surface area contributed by atoms with Gasteiger partial charge in [-0.25, -0.2) is 4.68 Å². The number of hydrogen-bond donors (Lipinski definition) is 0. The van der Waals surface area contributed by atoms with Crippen LogP contribution in [0.15, 0.2) is 36.5 Å². The molecule has 1 aromatic carbocycles. The molecule has 0 aliphatic heterocycles. The molecule has 17 heavy (non-hydrogen) atoms. The zero-order valence-corrected chi connectivity index (χ0v) is 8.75. The predicted molar refractivity (Wildman–Crippen MR) is 55.7 cm³/mol. The summed E-state index contributed by atoms with van der Waals surface area (Å²) in [5, 5.41) is 6.88. The second kappa shape index (κ2) is 4.40. The van der Waals surface area contributed by atoms with E-state index in [1.165, 1.54) is 18.3 Å². The fraction of sp³-hybridized carbons (Fsp3) is 0.182. The largest absolute Gasteiger partial charge is 0.296 e. The first kappa shape index (κ1) is 11.4. The van der Waals surface area contributed by atoms with Gasteiger partial charge in [-0.05, 0) is 0 Å². The van der Waals surface area contributed by atoms with Crippen LogP contribution in [0.3, 0.4) is 0 Å². The molecule has 0 aliphatic carbocycles. The number of carbonyl (C=O) groups is 1. The lowest BCUT2D eigenvalue weighted by Gasteiger charge is -2.15. The minimum absolute atomic E-state index is 0.0360. The van der Waals surface area contributed by atoms with E-state index in [1.54, 1.807) is 18.2 Å². The lowest BCUT2D eigenvalue weighted by Crippen LogP contribution is -2.21. The van der Waals surface area contributed by atoms with Crippen LogP contribution in [0.1, 0.15) is 16.1 Å². The number of hydrogen-bond acceptors (Lipinski definition) is 3. The lowest BCUT2D eigenvalue weighted by molar-refractivity contribution is -0.0258. The Hall–Kier alpha value is -2.11. The first-order chi connectivity index (χ1) is 8.12. The van der Waals surface area contributed by atoms with Gasteiger partial charge < -0.3 is 0 Å². The molecule has 0 atom stereocenters. The molecule has 0 radical (unpaired) electrons. The average Bonchev–Trinajstić information content (AvgIpc) is 2.77. The predicted octanol–water partition coefficient (Wildman–Crippen LogP) is 1.88. The molecule has 0 spiro atoms. The van der Waals surface area contributed by atoms with Crippen LogP contribution >= 0.6 is 0 Å². The molecule has 2 rings (SSSR count). The molecule has 0 saturated heterocycles. The topological polar surface area (TPSA) is 47.8 Å². The standard InChI is InChI=1S/C11H9F2N3O/c12-11(13,9-4-2-1-3-5-9)8-16-6-10(7-17)14-15-16/h1-7H,8H2. The minimum Gasteiger partial charge on any atom is -0.296 e. The summed E-state index contributed by atoms with van der Waals surface area (Å²) < 4.78 is 28.5. The van der Waals surface area contributed by atoms with Crippen LogP contribution in [0, 0.1) is 0 Å². The maximum Gasteiger partial charge on any atom is 0.292 e. The molecule has 6 heteroatoms. The van der Waals surface area contributed by atoms with Gasteiger partial charge in [-0.3, -0.25) is 4.79 Å². The van der Waals surface area contributed by atoms with Crippen LogP contribution in [0.25, 0.3) is 0 Å². The van der Waals surface area contributed by atoms with E-state index in [0.717, 1.165) is 4.68 Å². The molecule has 0 fully saturated rings. The lowest BCUT2D eigenvalue weighted by atomic mass is 10.1. The molecule has 0 aliphatic rings. The third-order valence-electron chi connectivity index (χ3n) is 2.23. The summed E-state index contributed by atoms with van der Waals surface area (Å²) in [6.07, 6.45) is 1.65. The van der Waals surface area contributed by atoms with Crippen LogP contribution in [-0.2, 0) is 12.5 Å². The molecule has 88 valence electrons. The minimum atomic E-state index is -3.05. The second-order valence-electron chi connectivity index (χ2n) is 3.53. The van der Waals surface area contributed by atoms with Crippen molar-refractivity contribution in [1.29, 1.82) is 0 Å². The highest BCUT2D eigenvalue weighted by Crippen LogP contribution is 2.29. The Kier molecular flexibility index (Phi) is 2.95. The van der Waals surface area contributed by atoms with E-state index in [9.17, 15) is 13.6 Å². The number of alkyl halides is 2. The van der Waals surface area contributed by atoms with Crippen molar-refractivity contribution in [3.8, 4) is 0 Å². The first-order valence-corrected chi connectivity index (χ1v) is 4.90. The van der Waals surface area contributed by atoms with Gasteiger partial charge in [0.15, 0.2) is 6.29 Å². The van der Waals surface area contributed by atoms with Crippen molar-refractivity contribution >= 4 is 6.29 Å². The van der Waals surface area contributed by atoms with Gasteiger partial charge in [-0.2, -0.15) is 8.78 Å². The molecule has 0 bridgehead atoms. The van der Waals surface area contributed by atoms with E-state index < -0.39 is 12.5 Å². The molecule has 4 nitrogen and oxygen atoms in total. The number of nitrogens with zero attached hydrogens (tertiary/aromatic N) is 3. The summed E-state index contributed by atoms with van der Waals surface area (Å²) in [5.74, 6) is -3.05. The molecule has 0 saturated carbocycles. The van der Waals surface area contributed by atoms with Crippen LogP contribution in [0.5, 0.6) is 0 Å². The molecule has 0 amide bonds. The van der Waals surface area contributed by atoms with Crippen molar-refractivity contribution in [3.63, 3.8) is 0 Å². The van der Waals surface area contributed by atoms with Gasteiger partial charge in [0.1, 0.15) is 12.2 Å². The van der Waals surface area contributed by atoms with Gasteiger partial charge in [-0.15, -0.1) is 5.10 Å². The van der Waals surface area contributed by atoms with Crippen molar-refractivity contribution in [3.05, 3.63) is 47.8 Å². The zero-order chi connectivity index (χ0) is 12.3. The van der Waals surface area contributed by atoms with Gasteiger partial charge in [0.05, 0.1) is 6.20 Å². The van der Waals surface area contributed by atoms with Crippen LogP contribution in [0.4, 0.5) is 8.78 Å². The second-order valence-corrected chi connectivity index (χ2v) is 3.53. The number of carbonyl (C=O) groups excluding carboxylic acids is 1. The zero-order valence-electron chi connectivity index (χ0n) is 8.75. The first-order valence-electron chi connectivity index (χ1n) is 4.90. The van der Waals surface area contributed by atoms with Crippen molar-refractivity contribution in [2.75, 3.05) is 0 Å². The van der Waals surface area contributed by atoms with E-state index >= 15 is 0 Å². The highest BCUT2D eigenvalue weighted by molar-refractivity contribution is 5.70. The summed E-state index contributed by atoms with van der Waals surface area (Å²) in [7, 11) is 0. The maximum atomic E-state index is 13.8. The van der Waals surface area contributed by atoms with Gasteiger partial charge in [0.25, 0.3) is 5.92 Å². The van der Waals surface area contributed by atoms with Crippen molar-refractivity contribution in [1.82, 2.24) is 15.0 Å². The van der Waals surface area contributed by atoms with Crippen molar-refractivity contribution in [2.24, 2.45) is 0 Å². The highest BCUT2D eigenvalue weighted by atomic mass is 19.3. The van der Waals surface area contributed by atoms with Gasteiger partial charge in [-0.1, -0.05) is 35.5 Å². The molecular weight excluding hydrogens is 228 g/mol. The van der Waals surface area contributed by atoms with Crippen molar-refractivity contribution in [2.45, 2.75) is 12.5 Å². The summed E-state index contributed by atoms with van der Waals surface area (Å²) >= 11 is 0. The van der Waals surface area contributed by atoms with E-state index in [1.807, 2.05) is 0 Å². The quantitative estimate of drug-likeness (QED) is 0.763. The molecule has 0 unspecified atom stereocenters. The number of benzene rings is 1. The number of aldehydes is 1. The van der Waals surface area contributed by atoms with E-state index in [4.69, 9.17) is 0 Å². The Morgan fingerprint density at radius 3 is 2.59 bits per heavy atom. The van der Waals surface area contributed by atoms with Crippen molar-refractivity contribution < 1.29 is 13.6 Å². The Bertz CT molecular complexity index is 510. The third kappa shape index (κ3) is 2.52. The summed E-state index contributed by atoms with van der Waals surface area (Å²) in [5.41, 5.74) is -0.0583. The van der Waals surface area contributed by atoms with E-state index in [2.05, 4.69) is 10.3 Å². The fourth-order valence-corrected chi connectivity index (χ4v) is 1.42. The van der Waals surface area contributed by atoms with E-state index in [-0.39, 0.29) is 11.3 Å². The third-order valence-corrected chi connectivity index (χ3v) is 2.23. The van der Waals surface area contributed by atoms with Gasteiger partial charge >= 0.3 is 0 Å². The maximum absolute atomic E-state index is 13.8. The van der Waals surface area contributed by atoms with Gasteiger partial charge in [0.2, 0.25) is 0 Å². The molecule has 0 N–H and O–H groups in total. The molecule has 2 aromatic rings. The molecular formula is C11H9F2N3O. The molecule has 1 heterocycles. The number of halogens is 2. The van der Waals surface area contributed by atoms with E-state index in [0.29, 0.717) is 6.29 Å². The average molecular weight is 237 g/mol. The normalized spacial score (nSPS) is 11.4. The Balaban J connectivity index is 2.19. The monoisotopic (exact) mass is 237 g/mol. The summed E-state index contributed by atoms with van der Waals surface area (Å²) in [6, 6.07) is 7.44. The highest BCUT2D eigenvalue weighted by Gasteiger charge is 2.32. The van der Waals surface area contributed by atoms with Crippen LogP contribution in [0.2, 0.25) is 0 Å². The summed E-state index contributed by atoms with van der Waals surface area (Å²) in [4.78, 5) is 10.4. The summed E-state index contributed by atoms with van der Waals surface area (Å²) in [6.45, 7) is -0.641. The smallest absolute Gasteiger partial charge is 0.292 e. The Morgan fingerprint density at radius 2 is 2.00 bits per heavy atom. The van der Waals surface area contributed by atoms with Crippen LogP contribution < -0.4 is 0 Å². The van der Waals surface area contributed by atoms with Gasteiger partial charge in [0, 0.05) is 5.56 Å². The fourth-order valence-electron chi connectivity index (χ4n) is 1.42.